The quantitative estimate of drug-likeness (QED) is 0.570. The molecule has 0 N–H and O–H groups in total. The van der Waals surface area contributed by atoms with Crippen molar-refractivity contribution in [2.75, 3.05) is 0 Å². The third-order valence-corrected chi connectivity index (χ3v) is 1.73. The first kappa shape index (κ1) is 8.07. The summed E-state index contributed by atoms with van der Waals surface area (Å²) in [6.45, 7) is 1.49. The number of hydrogen-bond donors (Lipinski definition) is 0. The maximum absolute atomic E-state index is 11.0. The van der Waals surface area contributed by atoms with Crippen molar-refractivity contribution in [1.29, 1.82) is 0 Å². The Labute approximate surface area is 67.0 Å². The lowest BCUT2D eigenvalue weighted by molar-refractivity contribution is 0.439. The number of nitrogens with zero attached hydrogens (tertiary/aromatic N) is 1. The van der Waals surface area contributed by atoms with Crippen LogP contribution >= 0.6 is 11.6 Å². The van der Waals surface area contributed by atoms with E-state index < -0.39 is 11.3 Å². The first-order chi connectivity index (χ1) is 5.04. The number of halogens is 1. The van der Waals surface area contributed by atoms with Gasteiger partial charge in [0.05, 0.1) is 5.56 Å². The SMILES string of the molecule is Cc1c(Cl)oc(=O)n(C)c1=O. The van der Waals surface area contributed by atoms with Crippen LogP contribution in [0.2, 0.25) is 5.22 Å². The van der Waals surface area contributed by atoms with Gasteiger partial charge in [0.15, 0.2) is 0 Å². The molecule has 1 aromatic rings. The highest BCUT2D eigenvalue weighted by Gasteiger charge is 2.06. The Bertz CT molecular complexity index is 390. The van der Waals surface area contributed by atoms with Crippen molar-refractivity contribution in [2.24, 2.45) is 7.05 Å². The average Bonchev–Trinajstić information content (AvgIpc) is 1.97. The lowest BCUT2D eigenvalue weighted by Crippen LogP contribution is -2.31. The fourth-order valence-corrected chi connectivity index (χ4v) is 0.787. The van der Waals surface area contributed by atoms with Gasteiger partial charge in [-0.25, -0.2) is 9.36 Å². The maximum atomic E-state index is 11.0. The smallest absolute Gasteiger partial charge is 0.397 e. The third-order valence-electron chi connectivity index (χ3n) is 1.37. The van der Waals surface area contributed by atoms with E-state index in [0.29, 0.717) is 0 Å². The van der Waals surface area contributed by atoms with E-state index in [1.807, 2.05) is 0 Å². The predicted octanol–water partition coefficient (Wildman–Crippen LogP) is 0.300. The van der Waals surface area contributed by atoms with Crippen LogP contribution in [-0.2, 0) is 7.05 Å². The minimum Gasteiger partial charge on any atom is -0.397 e. The number of aromatic nitrogens is 1. The highest BCUT2D eigenvalue weighted by Crippen LogP contribution is 2.05. The third kappa shape index (κ3) is 1.21. The molecule has 1 aromatic heterocycles. The van der Waals surface area contributed by atoms with E-state index in [2.05, 4.69) is 4.42 Å². The normalized spacial score (nSPS) is 10.1. The summed E-state index contributed by atoms with van der Waals surface area (Å²) in [5.41, 5.74) is -0.181. The highest BCUT2D eigenvalue weighted by molar-refractivity contribution is 6.29. The summed E-state index contributed by atoms with van der Waals surface area (Å²) in [5, 5.41) is -0.141. The molecule has 0 aromatic carbocycles. The lowest BCUT2D eigenvalue weighted by Gasteiger charge is -1.96. The van der Waals surface area contributed by atoms with E-state index in [1.54, 1.807) is 0 Å². The van der Waals surface area contributed by atoms with Crippen molar-refractivity contribution in [3.05, 3.63) is 31.7 Å². The van der Waals surface area contributed by atoms with Crippen LogP contribution in [0.25, 0.3) is 0 Å². The summed E-state index contributed by atoms with van der Waals surface area (Å²) >= 11 is 5.41. The van der Waals surface area contributed by atoms with E-state index in [-0.39, 0.29) is 10.8 Å². The molecule has 5 heteroatoms. The lowest BCUT2D eigenvalue weighted by atomic mass is 10.4. The molecule has 0 saturated carbocycles. The Balaban J connectivity index is 3.74. The maximum Gasteiger partial charge on any atom is 0.422 e. The van der Waals surface area contributed by atoms with Crippen LogP contribution in [0.15, 0.2) is 14.0 Å². The Morgan fingerprint density at radius 2 is 2.00 bits per heavy atom. The summed E-state index contributed by atoms with van der Waals surface area (Å²) in [7, 11) is 1.33. The molecule has 11 heavy (non-hydrogen) atoms. The minimum absolute atomic E-state index is 0.141. The fraction of sp³-hybridized carbons (Fsp3) is 0.333. The average molecular weight is 176 g/mol. The Hall–Kier alpha value is -1.03. The molecular weight excluding hydrogens is 170 g/mol. The molecule has 0 saturated heterocycles. The Kier molecular flexibility index (Phi) is 1.87. The van der Waals surface area contributed by atoms with Crippen LogP contribution in [0.3, 0.4) is 0 Å². The molecule has 60 valence electrons. The fourth-order valence-electron chi connectivity index (χ4n) is 0.640. The van der Waals surface area contributed by atoms with E-state index in [0.717, 1.165) is 4.57 Å². The van der Waals surface area contributed by atoms with Gasteiger partial charge in [-0.2, -0.15) is 0 Å². The Morgan fingerprint density at radius 1 is 1.45 bits per heavy atom. The molecule has 1 heterocycles. The minimum atomic E-state index is -0.745. The van der Waals surface area contributed by atoms with E-state index in [9.17, 15) is 9.59 Å². The molecule has 4 nitrogen and oxygen atoms in total. The zero-order valence-electron chi connectivity index (χ0n) is 6.05. The van der Waals surface area contributed by atoms with Crippen molar-refractivity contribution in [2.45, 2.75) is 6.92 Å². The van der Waals surface area contributed by atoms with Gasteiger partial charge in [-0.15, -0.1) is 0 Å². The molecule has 0 bridgehead atoms. The molecule has 0 aliphatic carbocycles. The second-order valence-electron chi connectivity index (χ2n) is 2.13. The second-order valence-corrected chi connectivity index (χ2v) is 2.47. The first-order valence-corrected chi connectivity index (χ1v) is 3.28. The molecule has 0 aliphatic rings. The summed E-state index contributed by atoms with van der Waals surface area (Å²) in [6, 6.07) is 0. The van der Waals surface area contributed by atoms with E-state index in [1.165, 1.54) is 14.0 Å². The zero-order chi connectivity index (χ0) is 8.59. The molecule has 0 unspecified atom stereocenters. The molecule has 0 spiro atoms. The van der Waals surface area contributed by atoms with Crippen LogP contribution < -0.4 is 11.3 Å². The molecule has 0 aliphatic heterocycles. The topological polar surface area (TPSA) is 52.2 Å². The van der Waals surface area contributed by atoms with Gasteiger partial charge < -0.3 is 4.42 Å². The van der Waals surface area contributed by atoms with Gasteiger partial charge in [-0.3, -0.25) is 4.79 Å². The predicted molar refractivity (Wildman–Crippen MR) is 40.0 cm³/mol. The standard InChI is InChI=1S/C6H6ClNO3/c1-3-4(7)11-6(10)8(2)5(3)9/h1-2H3. The highest BCUT2D eigenvalue weighted by atomic mass is 35.5. The van der Waals surface area contributed by atoms with Crippen molar-refractivity contribution in [1.82, 2.24) is 4.57 Å². The summed E-state index contributed by atoms with van der Waals surface area (Å²) in [4.78, 5) is 21.8. The van der Waals surface area contributed by atoms with Crippen LogP contribution in [0, 0.1) is 6.92 Å². The largest absolute Gasteiger partial charge is 0.422 e. The van der Waals surface area contributed by atoms with Gasteiger partial charge in [-0.05, 0) is 18.5 Å². The van der Waals surface area contributed by atoms with Crippen LogP contribution in [0.5, 0.6) is 0 Å². The number of rotatable bonds is 0. The van der Waals surface area contributed by atoms with E-state index in [4.69, 9.17) is 11.6 Å². The summed E-state index contributed by atoms with van der Waals surface area (Å²) in [6.07, 6.45) is 0. The molecule has 0 amide bonds. The van der Waals surface area contributed by atoms with Gasteiger partial charge in [0, 0.05) is 7.05 Å². The van der Waals surface area contributed by atoms with Gasteiger partial charge in [0.1, 0.15) is 0 Å². The van der Waals surface area contributed by atoms with Crippen LogP contribution in [0.1, 0.15) is 5.56 Å². The van der Waals surface area contributed by atoms with Gasteiger partial charge in [-0.1, -0.05) is 0 Å². The van der Waals surface area contributed by atoms with Gasteiger partial charge >= 0.3 is 5.76 Å². The second kappa shape index (κ2) is 2.54. The van der Waals surface area contributed by atoms with Gasteiger partial charge in [0.2, 0.25) is 5.22 Å². The molecular formula is C6H6ClNO3. The monoisotopic (exact) mass is 175 g/mol. The summed E-state index contributed by atoms with van der Waals surface area (Å²) in [5.74, 6) is -0.745. The van der Waals surface area contributed by atoms with Gasteiger partial charge in [0.25, 0.3) is 5.56 Å². The van der Waals surface area contributed by atoms with Crippen molar-refractivity contribution in [3.63, 3.8) is 0 Å². The molecule has 0 fully saturated rings. The van der Waals surface area contributed by atoms with Crippen LogP contribution in [-0.4, -0.2) is 4.57 Å². The van der Waals surface area contributed by atoms with Crippen molar-refractivity contribution in [3.8, 4) is 0 Å². The molecule has 1 rings (SSSR count). The van der Waals surface area contributed by atoms with Crippen LogP contribution in [0.4, 0.5) is 0 Å². The van der Waals surface area contributed by atoms with Crippen molar-refractivity contribution < 1.29 is 4.42 Å². The van der Waals surface area contributed by atoms with E-state index >= 15 is 0 Å². The van der Waals surface area contributed by atoms with Crippen molar-refractivity contribution >= 4 is 11.6 Å². The molecule has 0 atom stereocenters. The summed E-state index contributed by atoms with van der Waals surface area (Å²) < 4.78 is 5.35. The first-order valence-electron chi connectivity index (χ1n) is 2.90. The number of hydrogen-bond acceptors (Lipinski definition) is 3. The zero-order valence-corrected chi connectivity index (χ0v) is 6.81. The molecule has 0 radical (unpaired) electrons. The Morgan fingerprint density at radius 3 is 2.55 bits per heavy atom.